The lowest BCUT2D eigenvalue weighted by Crippen LogP contribution is -2.14. The number of carbonyl (C=O) groups is 1. The number of rotatable bonds is 4. The Hall–Kier alpha value is -1.62. The molecule has 5 heteroatoms. The summed E-state index contributed by atoms with van der Waals surface area (Å²) in [4.78, 5) is 14.2. The molecule has 0 aliphatic rings. The predicted octanol–water partition coefficient (Wildman–Crippen LogP) is 0.528. The molecule has 1 heterocycles. The van der Waals surface area contributed by atoms with Crippen molar-refractivity contribution in [2.75, 3.05) is 5.73 Å². The smallest absolute Gasteiger partial charge is 0.303 e. The maximum Gasteiger partial charge on any atom is 0.303 e. The van der Waals surface area contributed by atoms with Crippen LogP contribution >= 0.6 is 0 Å². The Labute approximate surface area is 81.7 Å². The number of pyridine rings is 1. The van der Waals surface area contributed by atoms with Crippen molar-refractivity contribution < 1.29 is 9.90 Å². The van der Waals surface area contributed by atoms with E-state index in [0.29, 0.717) is 17.8 Å². The number of nitrogen functional groups attached to an aromatic ring is 1. The zero-order chi connectivity index (χ0) is 10.6. The van der Waals surface area contributed by atoms with Crippen molar-refractivity contribution in [3.63, 3.8) is 0 Å². The van der Waals surface area contributed by atoms with Crippen LogP contribution in [0.5, 0.6) is 0 Å². The highest BCUT2D eigenvalue weighted by molar-refractivity contribution is 5.66. The van der Waals surface area contributed by atoms with Gasteiger partial charge in [-0.15, -0.1) is 0 Å². The molecule has 0 aliphatic carbocycles. The average Bonchev–Trinajstić information content (AvgIpc) is 2.15. The summed E-state index contributed by atoms with van der Waals surface area (Å²) in [6.07, 6.45) is 1.98. The van der Waals surface area contributed by atoms with E-state index in [2.05, 4.69) is 4.98 Å². The average molecular weight is 195 g/mol. The Morgan fingerprint density at radius 1 is 1.64 bits per heavy atom. The lowest BCUT2D eigenvalue weighted by atomic mass is 10.0. The molecule has 76 valence electrons. The Balaban J connectivity index is 2.65. The summed E-state index contributed by atoms with van der Waals surface area (Å²) in [6, 6.07) is 3.13. The maximum atomic E-state index is 10.3. The quantitative estimate of drug-likeness (QED) is 0.650. The standard InChI is InChI=1S/C9H13N3O2/c10-7(3-4-8(13)14)6-2-1-5-12-9(6)11/h1-2,5,7H,3-4,10H2,(H2,11,12)(H,13,14). The van der Waals surface area contributed by atoms with Crippen molar-refractivity contribution in [2.24, 2.45) is 5.73 Å². The third-order valence-electron chi connectivity index (χ3n) is 1.94. The molecule has 0 bridgehead atoms. The summed E-state index contributed by atoms with van der Waals surface area (Å²) in [5, 5.41) is 8.48. The first-order valence-electron chi connectivity index (χ1n) is 4.29. The first kappa shape index (κ1) is 10.5. The Morgan fingerprint density at radius 2 is 2.36 bits per heavy atom. The van der Waals surface area contributed by atoms with Crippen LogP contribution in [0.4, 0.5) is 5.82 Å². The highest BCUT2D eigenvalue weighted by Gasteiger charge is 2.11. The zero-order valence-corrected chi connectivity index (χ0v) is 7.68. The van der Waals surface area contributed by atoms with E-state index < -0.39 is 5.97 Å². The van der Waals surface area contributed by atoms with Crippen LogP contribution < -0.4 is 11.5 Å². The van der Waals surface area contributed by atoms with Gasteiger partial charge in [0.2, 0.25) is 0 Å². The molecule has 0 aliphatic heterocycles. The summed E-state index contributed by atoms with van der Waals surface area (Å²) < 4.78 is 0. The van der Waals surface area contributed by atoms with Crippen LogP contribution in [0, 0.1) is 0 Å². The van der Waals surface area contributed by atoms with Crippen molar-refractivity contribution in [1.29, 1.82) is 0 Å². The number of aromatic nitrogens is 1. The highest BCUT2D eigenvalue weighted by Crippen LogP contribution is 2.19. The van der Waals surface area contributed by atoms with Crippen molar-refractivity contribution in [3.8, 4) is 0 Å². The molecule has 0 fully saturated rings. The van der Waals surface area contributed by atoms with Crippen LogP contribution in [0.15, 0.2) is 18.3 Å². The third-order valence-corrected chi connectivity index (χ3v) is 1.94. The summed E-state index contributed by atoms with van der Waals surface area (Å²) in [5.41, 5.74) is 12.1. The van der Waals surface area contributed by atoms with E-state index in [0.717, 1.165) is 0 Å². The van der Waals surface area contributed by atoms with Gasteiger partial charge in [0.1, 0.15) is 5.82 Å². The number of nitrogens with two attached hydrogens (primary N) is 2. The first-order chi connectivity index (χ1) is 6.61. The summed E-state index contributed by atoms with van der Waals surface area (Å²) in [5.74, 6) is -0.492. The fourth-order valence-corrected chi connectivity index (χ4v) is 1.18. The molecular formula is C9H13N3O2. The molecule has 1 aromatic heterocycles. The molecule has 14 heavy (non-hydrogen) atoms. The van der Waals surface area contributed by atoms with Gasteiger partial charge in [-0.2, -0.15) is 0 Å². The molecule has 0 spiro atoms. The molecule has 1 rings (SSSR count). The number of hydrogen-bond donors (Lipinski definition) is 3. The topological polar surface area (TPSA) is 102 Å². The van der Waals surface area contributed by atoms with E-state index in [1.807, 2.05) is 0 Å². The molecule has 1 unspecified atom stereocenters. The fourth-order valence-electron chi connectivity index (χ4n) is 1.18. The number of carboxylic acids is 1. The molecule has 0 aromatic carbocycles. The van der Waals surface area contributed by atoms with Crippen LogP contribution in [-0.2, 0) is 4.79 Å². The van der Waals surface area contributed by atoms with Gasteiger partial charge >= 0.3 is 5.97 Å². The number of carboxylic acid groups (broad SMARTS) is 1. The van der Waals surface area contributed by atoms with Crippen LogP contribution in [0.1, 0.15) is 24.4 Å². The molecule has 0 radical (unpaired) electrons. The van der Waals surface area contributed by atoms with Gasteiger partial charge in [0, 0.05) is 24.2 Å². The number of aliphatic carboxylic acids is 1. The van der Waals surface area contributed by atoms with Crippen LogP contribution in [0.2, 0.25) is 0 Å². The van der Waals surface area contributed by atoms with Gasteiger partial charge in [-0.3, -0.25) is 4.79 Å². The first-order valence-corrected chi connectivity index (χ1v) is 4.29. The van der Waals surface area contributed by atoms with Gasteiger partial charge in [-0.25, -0.2) is 4.98 Å². The van der Waals surface area contributed by atoms with Gasteiger partial charge in [0.05, 0.1) is 0 Å². The largest absolute Gasteiger partial charge is 0.481 e. The third kappa shape index (κ3) is 2.70. The van der Waals surface area contributed by atoms with E-state index in [9.17, 15) is 4.79 Å². The van der Waals surface area contributed by atoms with Gasteiger partial charge in [-0.05, 0) is 12.5 Å². The zero-order valence-electron chi connectivity index (χ0n) is 7.68. The minimum Gasteiger partial charge on any atom is -0.481 e. The molecule has 1 atom stereocenters. The van der Waals surface area contributed by atoms with E-state index >= 15 is 0 Å². The Kier molecular flexibility index (Phi) is 3.41. The minimum absolute atomic E-state index is 0.0372. The second-order valence-electron chi connectivity index (χ2n) is 3.02. The van der Waals surface area contributed by atoms with Gasteiger partial charge in [0.25, 0.3) is 0 Å². The van der Waals surface area contributed by atoms with Crippen molar-refractivity contribution in [2.45, 2.75) is 18.9 Å². The van der Waals surface area contributed by atoms with Crippen LogP contribution in [0.3, 0.4) is 0 Å². The fraction of sp³-hybridized carbons (Fsp3) is 0.333. The monoisotopic (exact) mass is 195 g/mol. The van der Waals surface area contributed by atoms with Crippen LogP contribution in [-0.4, -0.2) is 16.1 Å². The second kappa shape index (κ2) is 4.57. The van der Waals surface area contributed by atoms with E-state index in [-0.39, 0.29) is 12.5 Å². The minimum atomic E-state index is -0.858. The van der Waals surface area contributed by atoms with Gasteiger partial charge < -0.3 is 16.6 Å². The molecular weight excluding hydrogens is 182 g/mol. The van der Waals surface area contributed by atoms with Crippen LogP contribution in [0.25, 0.3) is 0 Å². The van der Waals surface area contributed by atoms with Gasteiger partial charge in [0.15, 0.2) is 0 Å². The maximum absolute atomic E-state index is 10.3. The second-order valence-corrected chi connectivity index (χ2v) is 3.02. The van der Waals surface area contributed by atoms with E-state index in [1.54, 1.807) is 18.3 Å². The normalized spacial score (nSPS) is 12.4. The lowest BCUT2D eigenvalue weighted by Gasteiger charge is -2.11. The molecule has 0 saturated carbocycles. The Bertz CT molecular complexity index is 328. The molecule has 5 nitrogen and oxygen atoms in total. The molecule has 1 aromatic rings. The lowest BCUT2D eigenvalue weighted by molar-refractivity contribution is -0.137. The van der Waals surface area contributed by atoms with E-state index in [1.165, 1.54) is 0 Å². The molecule has 0 amide bonds. The summed E-state index contributed by atoms with van der Waals surface area (Å²) >= 11 is 0. The number of anilines is 1. The molecule has 0 saturated heterocycles. The van der Waals surface area contributed by atoms with Crippen molar-refractivity contribution >= 4 is 11.8 Å². The summed E-state index contributed by atoms with van der Waals surface area (Å²) in [6.45, 7) is 0. The predicted molar refractivity (Wildman–Crippen MR) is 52.4 cm³/mol. The molecule has 5 N–H and O–H groups in total. The van der Waals surface area contributed by atoms with Gasteiger partial charge in [-0.1, -0.05) is 6.07 Å². The Morgan fingerprint density at radius 3 is 2.93 bits per heavy atom. The number of nitrogens with zero attached hydrogens (tertiary/aromatic N) is 1. The van der Waals surface area contributed by atoms with E-state index in [4.69, 9.17) is 16.6 Å². The summed E-state index contributed by atoms with van der Waals surface area (Å²) in [7, 11) is 0. The van der Waals surface area contributed by atoms with Crippen molar-refractivity contribution in [1.82, 2.24) is 4.98 Å². The van der Waals surface area contributed by atoms with Crippen molar-refractivity contribution in [3.05, 3.63) is 23.9 Å². The SMILES string of the molecule is Nc1ncccc1C(N)CCC(=O)O. The number of hydrogen-bond acceptors (Lipinski definition) is 4. The highest BCUT2D eigenvalue weighted by atomic mass is 16.4.